The van der Waals surface area contributed by atoms with Crippen LogP contribution in [0.2, 0.25) is 5.02 Å². The van der Waals surface area contributed by atoms with Crippen LogP contribution in [-0.4, -0.2) is 30.3 Å². The quantitative estimate of drug-likeness (QED) is 0.503. The number of Topliss-reactive ketones (excluding diaryl/α,β-unsaturated/α-hetero) is 1. The third-order valence-electron chi connectivity index (χ3n) is 3.83. The summed E-state index contributed by atoms with van der Waals surface area (Å²) in [5, 5.41) is 3.16. The maximum Gasteiger partial charge on any atom is 0.329 e. The van der Waals surface area contributed by atoms with E-state index in [2.05, 4.69) is 21.2 Å². The van der Waals surface area contributed by atoms with Gasteiger partial charge in [0.05, 0.1) is 0 Å². The molecule has 0 radical (unpaired) electrons. The van der Waals surface area contributed by atoms with Crippen molar-refractivity contribution in [2.45, 2.75) is 19.9 Å². The number of halogens is 2. The van der Waals surface area contributed by atoms with Crippen molar-refractivity contribution in [3.05, 3.63) is 69.2 Å². The van der Waals surface area contributed by atoms with Gasteiger partial charge >= 0.3 is 5.97 Å². The molecule has 0 aliphatic carbocycles. The molecule has 5 nitrogen and oxygen atoms in total. The van der Waals surface area contributed by atoms with E-state index < -0.39 is 17.9 Å². The topological polar surface area (TPSA) is 72.5 Å². The normalized spacial score (nSPS) is 11.7. The lowest BCUT2D eigenvalue weighted by molar-refractivity contribution is -0.145. The number of hydrogen-bond acceptors (Lipinski definition) is 4. The highest BCUT2D eigenvalue weighted by molar-refractivity contribution is 9.10. The molecule has 1 amide bonds. The van der Waals surface area contributed by atoms with Crippen LogP contribution in [0.1, 0.15) is 34.6 Å². The van der Waals surface area contributed by atoms with Crippen molar-refractivity contribution < 1.29 is 19.1 Å². The zero-order valence-electron chi connectivity index (χ0n) is 14.9. The number of carbonyl (C=O) groups is 3. The summed E-state index contributed by atoms with van der Waals surface area (Å²) in [4.78, 5) is 36.8. The molecule has 0 saturated heterocycles. The zero-order valence-corrected chi connectivity index (χ0v) is 17.2. The predicted octanol–water partition coefficient (Wildman–Crippen LogP) is 4.28. The fourth-order valence-electron chi connectivity index (χ4n) is 2.27. The van der Waals surface area contributed by atoms with Gasteiger partial charge in [0, 0.05) is 20.6 Å². The molecular formula is C20H19BrClNO4. The van der Waals surface area contributed by atoms with Crippen LogP contribution in [0.15, 0.2) is 53.0 Å². The van der Waals surface area contributed by atoms with Crippen LogP contribution in [0.3, 0.4) is 0 Å². The highest BCUT2D eigenvalue weighted by atomic mass is 79.9. The van der Waals surface area contributed by atoms with Gasteiger partial charge in [-0.2, -0.15) is 0 Å². The fraction of sp³-hybridized carbons (Fsp3) is 0.250. The molecule has 2 aromatic carbocycles. The number of amides is 1. The summed E-state index contributed by atoms with van der Waals surface area (Å²) in [6, 6.07) is 12.2. The Hall–Kier alpha value is -2.18. The number of rotatable bonds is 7. The molecule has 7 heteroatoms. The molecule has 0 fully saturated rings. The monoisotopic (exact) mass is 451 g/mol. The van der Waals surface area contributed by atoms with Crippen LogP contribution >= 0.6 is 27.5 Å². The summed E-state index contributed by atoms with van der Waals surface area (Å²) < 4.78 is 5.98. The van der Waals surface area contributed by atoms with Gasteiger partial charge in [0.25, 0.3) is 5.91 Å². The molecule has 2 rings (SSSR count). The number of nitrogens with one attached hydrogen (secondary N) is 1. The zero-order chi connectivity index (χ0) is 20.0. The number of hydrogen-bond donors (Lipinski definition) is 1. The first-order valence-electron chi connectivity index (χ1n) is 8.29. The Morgan fingerprint density at radius 1 is 1.00 bits per heavy atom. The molecule has 27 heavy (non-hydrogen) atoms. The second-order valence-corrected chi connectivity index (χ2v) is 7.59. The van der Waals surface area contributed by atoms with Crippen molar-refractivity contribution in [3.63, 3.8) is 0 Å². The van der Waals surface area contributed by atoms with E-state index in [1.807, 2.05) is 0 Å². The summed E-state index contributed by atoms with van der Waals surface area (Å²) in [6.07, 6.45) is 0. The summed E-state index contributed by atoms with van der Waals surface area (Å²) in [5.74, 6) is -1.60. The van der Waals surface area contributed by atoms with Crippen molar-refractivity contribution in [2.24, 2.45) is 5.92 Å². The summed E-state index contributed by atoms with van der Waals surface area (Å²) in [5.41, 5.74) is 0.820. The summed E-state index contributed by atoms with van der Waals surface area (Å²) in [6.45, 7) is 3.18. The third-order valence-corrected chi connectivity index (χ3v) is 4.61. The fourth-order valence-corrected chi connectivity index (χ4v) is 2.66. The number of esters is 1. The van der Waals surface area contributed by atoms with E-state index in [1.165, 1.54) is 0 Å². The molecule has 1 atom stereocenters. The maximum absolute atomic E-state index is 12.4. The van der Waals surface area contributed by atoms with Gasteiger partial charge in [-0.15, -0.1) is 0 Å². The Morgan fingerprint density at radius 2 is 1.56 bits per heavy atom. The molecule has 0 spiro atoms. The van der Waals surface area contributed by atoms with Crippen molar-refractivity contribution in [2.75, 3.05) is 6.61 Å². The molecule has 0 heterocycles. The van der Waals surface area contributed by atoms with E-state index in [0.717, 1.165) is 4.47 Å². The number of ketones is 1. The van der Waals surface area contributed by atoms with Crippen molar-refractivity contribution in [1.82, 2.24) is 5.32 Å². The highest BCUT2D eigenvalue weighted by Crippen LogP contribution is 2.13. The molecule has 1 unspecified atom stereocenters. The van der Waals surface area contributed by atoms with Crippen LogP contribution in [0.5, 0.6) is 0 Å². The lowest BCUT2D eigenvalue weighted by Gasteiger charge is -2.20. The largest absolute Gasteiger partial charge is 0.456 e. The van der Waals surface area contributed by atoms with Crippen molar-refractivity contribution in [1.29, 1.82) is 0 Å². The van der Waals surface area contributed by atoms with Gasteiger partial charge in [-0.05, 0) is 42.3 Å². The minimum Gasteiger partial charge on any atom is -0.456 e. The minimum absolute atomic E-state index is 0.212. The number of carbonyl (C=O) groups excluding carboxylic acids is 3. The smallest absolute Gasteiger partial charge is 0.329 e. The molecule has 0 aliphatic heterocycles. The first kappa shape index (κ1) is 21.1. The molecule has 0 bridgehead atoms. The van der Waals surface area contributed by atoms with Crippen LogP contribution < -0.4 is 5.32 Å². The Bertz CT molecular complexity index is 819. The van der Waals surface area contributed by atoms with Gasteiger partial charge in [-0.3, -0.25) is 9.59 Å². The Balaban J connectivity index is 1.97. The Labute approximate surface area is 171 Å². The first-order valence-corrected chi connectivity index (χ1v) is 9.47. The predicted molar refractivity (Wildman–Crippen MR) is 107 cm³/mol. The number of ether oxygens (including phenoxy) is 1. The molecule has 0 saturated carbocycles. The van der Waals surface area contributed by atoms with E-state index in [-0.39, 0.29) is 18.3 Å². The molecule has 142 valence electrons. The third kappa shape index (κ3) is 6.19. The van der Waals surface area contributed by atoms with Gasteiger partial charge < -0.3 is 10.1 Å². The van der Waals surface area contributed by atoms with Crippen LogP contribution in [0.25, 0.3) is 0 Å². The van der Waals surface area contributed by atoms with Gasteiger partial charge in [-0.25, -0.2) is 4.79 Å². The van der Waals surface area contributed by atoms with Gasteiger partial charge in [0.15, 0.2) is 12.4 Å². The SMILES string of the molecule is CC(C)C(NC(=O)c1ccc(Cl)cc1)C(=O)OCC(=O)c1ccc(Br)cc1. The van der Waals surface area contributed by atoms with Crippen molar-refractivity contribution >= 4 is 45.2 Å². The number of benzene rings is 2. The van der Waals surface area contributed by atoms with E-state index in [1.54, 1.807) is 62.4 Å². The second kappa shape index (κ2) is 9.67. The Morgan fingerprint density at radius 3 is 2.11 bits per heavy atom. The Kier molecular flexibility index (Phi) is 7.56. The van der Waals surface area contributed by atoms with Crippen LogP contribution in [0.4, 0.5) is 0 Å². The van der Waals surface area contributed by atoms with Gasteiger partial charge in [0.1, 0.15) is 6.04 Å². The summed E-state index contributed by atoms with van der Waals surface area (Å²) in [7, 11) is 0. The lowest BCUT2D eigenvalue weighted by Crippen LogP contribution is -2.45. The average molecular weight is 453 g/mol. The highest BCUT2D eigenvalue weighted by Gasteiger charge is 2.27. The summed E-state index contributed by atoms with van der Waals surface area (Å²) >= 11 is 9.11. The molecule has 0 aromatic heterocycles. The average Bonchev–Trinajstić information content (AvgIpc) is 2.64. The van der Waals surface area contributed by atoms with Crippen LogP contribution in [-0.2, 0) is 9.53 Å². The molecule has 1 N–H and O–H groups in total. The molecular weight excluding hydrogens is 434 g/mol. The van der Waals surface area contributed by atoms with Gasteiger partial charge in [-0.1, -0.05) is 53.5 Å². The second-order valence-electron chi connectivity index (χ2n) is 6.24. The standard InChI is InChI=1S/C20H19BrClNO4/c1-12(2)18(23-19(25)14-5-9-16(22)10-6-14)20(26)27-11-17(24)13-3-7-15(21)8-4-13/h3-10,12,18H,11H2,1-2H3,(H,23,25). The maximum atomic E-state index is 12.4. The first-order chi connectivity index (χ1) is 12.8. The van der Waals surface area contributed by atoms with E-state index in [0.29, 0.717) is 16.1 Å². The van der Waals surface area contributed by atoms with E-state index in [4.69, 9.17) is 16.3 Å². The molecule has 2 aromatic rings. The van der Waals surface area contributed by atoms with E-state index in [9.17, 15) is 14.4 Å². The van der Waals surface area contributed by atoms with E-state index >= 15 is 0 Å². The van der Waals surface area contributed by atoms with Crippen molar-refractivity contribution in [3.8, 4) is 0 Å². The van der Waals surface area contributed by atoms with Gasteiger partial charge in [0.2, 0.25) is 0 Å². The minimum atomic E-state index is -0.870. The molecule has 0 aliphatic rings. The van der Waals surface area contributed by atoms with Crippen LogP contribution in [0, 0.1) is 5.92 Å². The lowest BCUT2D eigenvalue weighted by atomic mass is 10.0.